The van der Waals surface area contributed by atoms with Gasteiger partial charge in [-0.2, -0.15) is 0 Å². The number of fused-ring (bicyclic) bond motifs is 2. The molecule has 4 heterocycles. The number of hydrogen-bond donors (Lipinski definition) is 4. The van der Waals surface area contributed by atoms with Crippen molar-refractivity contribution in [2.75, 3.05) is 54.5 Å². The summed E-state index contributed by atoms with van der Waals surface area (Å²) >= 11 is 0. The molecule has 2 fully saturated rings. The Bertz CT molecular complexity index is 1410. The SMILES string of the molecule is CN(C)CCc1c[nH]c2ccc(C[C@H]3COC(=O)N3)cc12.CN(C)CCc1c[nH]c2ccc(C[C@H]3COC(=O)N3)cc12. The van der Waals surface area contributed by atoms with Crippen molar-refractivity contribution in [3.8, 4) is 0 Å². The number of benzene rings is 2. The molecular formula is C32H42N6O4. The molecule has 10 heteroatoms. The van der Waals surface area contributed by atoms with Crippen LogP contribution in [0.15, 0.2) is 48.8 Å². The Hall–Kier alpha value is -4.02. The molecule has 0 aliphatic carbocycles. The number of carbonyl (C=O) groups is 2. The van der Waals surface area contributed by atoms with Crippen LogP contribution in [0.1, 0.15) is 22.3 Å². The van der Waals surface area contributed by atoms with Gasteiger partial charge in [0.2, 0.25) is 0 Å². The Morgan fingerprint density at radius 1 is 0.690 bits per heavy atom. The number of ether oxygens (including phenoxy) is 2. The summed E-state index contributed by atoms with van der Waals surface area (Å²) in [4.78, 5) is 33.2. The molecule has 0 unspecified atom stereocenters. The molecule has 0 saturated carbocycles. The molecule has 0 radical (unpaired) electrons. The molecule has 42 heavy (non-hydrogen) atoms. The normalized spacial score (nSPS) is 18.2. The molecule has 0 bridgehead atoms. The number of aromatic nitrogens is 2. The van der Waals surface area contributed by atoms with Gasteiger partial charge in [0.1, 0.15) is 13.2 Å². The number of carbonyl (C=O) groups excluding carboxylic acids is 2. The van der Waals surface area contributed by atoms with Gasteiger partial charge in [0.05, 0.1) is 12.1 Å². The van der Waals surface area contributed by atoms with Gasteiger partial charge in [-0.3, -0.25) is 0 Å². The first-order valence-electron chi connectivity index (χ1n) is 14.6. The van der Waals surface area contributed by atoms with Gasteiger partial charge in [-0.1, -0.05) is 12.1 Å². The lowest BCUT2D eigenvalue weighted by atomic mass is 10.0. The van der Waals surface area contributed by atoms with Crippen molar-refractivity contribution in [2.45, 2.75) is 37.8 Å². The highest BCUT2D eigenvalue weighted by atomic mass is 16.6. The van der Waals surface area contributed by atoms with E-state index >= 15 is 0 Å². The molecule has 2 amide bonds. The zero-order chi connectivity index (χ0) is 29.6. The summed E-state index contributed by atoms with van der Waals surface area (Å²) in [5.41, 5.74) is 7.46. The van der Waals surface area contributed by atoms with E-state index in [0.717, 1.165) is 38.8 Å². The van der Waals surface area contributed by atoms with Crippen molar-refractivity contribution in [3.63, 3.8) is 0 Å². The average Bonchev–Trinajstić information content (AvgIpc) is 3.74. The lowest BCUT2D eigenvalue weighted by Gasteiger charge is -2.09. The molecule has 4 aromatic rings. The number of cyclic esters (lactones) is 2. The van der Waals surface area contributed by atoms with E-state index in [0.29, 0.717) is 13.2 Å². The Balaban J connectivity index is 0.000000168. The number of aromatic amines is 2. The maximum Gasteiger partial charge on any atom is 0.407 e. The number of likely N-dealkylation sites (N-methyl/N-ethyl adjacent to an activating group) is 2. The Morgan fingerprint density at radius 2 is 1.12 bits per heavy atom. The smallest absolute Gasteiger partial charge is 0.407 e. The highest BCUT2D eigenvalue weighted by Gasteiger charge is 2.23. The van der Waals surface area contributed by atoms with Gasteiger partial charge in [0, 0.05) is 47.3 Å². The van der Waals surface area contributed by atoms with Crippen molar-refractivity contribution in [2.24, 2.45) is 0 Å². The minimum atomic E-state index is -0.311. The molecule has 2 aliphatic rings. The number of H-pyrrole nitrogens is 2. The van der Waals surface area contributed by atoms with Crippen LogP contribution in [0.4, 0.5) is 9.59 Å². The lowest BCUT2D eigenvalue weighted by Crippen LogP contribution is -2.28. The Labute approximate surface area is 246 Å². The van der Waals surface area contributed by atoms with Crippen LogP contribution in [0.25, 0.3) is 21.8 Å². The number of nitrogens with zero attached hydrogens (tertiary/aromatic N) is 2. The summed E-state index contributed by atoms with van der Waals surface area (Å²) in [6.07, 6.45) is 7.24. The first kappa shape index (κ1) is 29.5. The molecule has 4 N–H and O–H groups in total. The van der Waals surface area contributed by atoms with Crippen molar-refractivity contribution >= 4 is 34.0 Å². The molecule has 6 rings (SSSR count). The number of hydrogen-bond acceptors (Lipinski definition) is 6. The van der Waals surface area contributed by atoms with E-state index in [-0.39, 0.29) is 24.3 Å². The van der Waals surface area contributed by atoms with Crippen molar-refractivity contribution in [1.82, 2.24) is 30.4 Å². The largest absolute Gasteiger partial charge is 0.447 e. The third kappa shape index (κ3) is 7.63. The highest BCUT2D eigenvalue weighted by molar-refractivity contribution is 5.84. The summed E-state index contributed by atoms with van der Waals surface area (Å²) in [5.74, 6) is 0. The minimum absolute atomic E-state index is 0.0825. The maximum absolute atomic E-state index is 11.1. The van der Waals surface area contributed by atoms with Gasteiger partial charge < -0.3 is 39.9 Å². The molecule has 2 aromatic carbocycles. The van der Waals surface area contributed by atoms with E-state index < -0.39 is 0 Å². The fraction of sp³-hybridized carbons (Fsp3) is 0.438. The molecule has 0 spiro atoms. The summed E-state index contributed by atoms with van der Waals surface area (Å²) in [5, 5.41) is 8.20. The van der Waals surface area contributed by atoms with E-state index in [1.54, 1.807) is 0 Å². The van der Waals surface area contributed by atoms with E-state index in [1.165, 1.54) is 44.1 Å². The van der Waals surface area contributed by atoms with Gasteiger partial charge in [-0.25, -0.2) is 9.59 Å². The van der Waals surface area contributed by atoms with Crippen LogP contribution in [0.5, 0.6) is 0 Å². The topological polar surface area (TPSA) is 115 Å². The third-order valence-electron chi connectivity index (χ3n) is 7.76. The summed E-state index contributed by atoms with van der Waals surface area (Å²) in [6.45, 7) is 2.97. The van der Waals surface area contributed by atoms with Crippen molar-refractivity contribution in [3.05, 3.63) is 71.0 Å². The van der Waals surface area contributed by atoms with Gasteiger partial charge in [0.25, 0.3) is 0 Å². The van der Waals surface area contributed by atoms with Gasteiger partial charge in [-0.05, 0) is 100 Å². The molecule has 2 atom stereocenters. The fourth-order valence-electron chi connectivity index (χ4n) is 5.45. The van der Waals surface area contributed by atoms with Crippen molar-refractivity contribution in [1.29, 1.82) is 0 Å². The van der Waals surface area contributed by atoms with Crippen LogP contribution in [0.3, 0.4) is 0 Å². The first-order chi connectivity index (χ1) is 20.2. The summed E-state index contributed by atoms with van der Waals surface area (Å²) in [6, 6.07) is 13.1. The van der Waals surface area contributed by atoms with Gasteiger partial charge in [0.15, 0.2) is 0 Å². The highest BCUT2D eigenvalue weighted by Crippen LogP contribution is 2.23. The average molecular weight is 575 g/mol. The molecular weight excluding hydrogens is 532 g/mol. The molecule has 10 nitrogen and oxygen atoms in total. The monoisotopic (exact) mass is 574 g/mol. The van der Waals surface area contributed by atoms with Crippen LogP contribution < -0.4 is 10.6 Å². The zero-order valence-electron chi connectivity index (χ0n) is 25.0. The second kappa shape index (κ2) is 13.3. The van der Waals surface area contributed by atoms with E-state index in [9.17, 15) is 9.59 Å². The number of rotatable bonds is 10. The third-order valence-corrected chi connectivity index (χ3v) is 7.76. The molecule has 2 aromatic heterocycles. The van der Waals surface area contributed by atoms with E-state index in [4.69, 9.17) is 9.47 Å². The number of amides is 2. The van der Waals surface area contributed by atoms with Crippen molar-refractivity contribution < 1.29 is 19.1 Å². The Morgan fingerprint density at radius 3 is 1.48 bits per heavy atom. The number of nitrogens with one attached hydrogen (secondary N) is 4. The summed E-state index contributed by atoms with van der Waals surface area (Å²) in [7, 11) is 8.35. The summed E-state index contributed by atoms with van der Waals surface area (Å²) < 4.78 is 9.87. The minimum Gasteiger partial charge on any atom is -0.447 e. The van der Waals surface area contributed by atoms with Crippen LogP contribution in [0, 0.1) is 0 Å². The number of alkyl carbamates (subject to hydrolysis) is 2. The van der Waals surface area contributed by atoms with Crippen LogP contribution in [-0.4, -0.2) is 98.5 Å². The van der Waals surface area contributed by atoms with Crippen LogP contribution in [0.2, 0.25) is 0 Å². The fourth-order valence-corrected chi connectivity index (χ4v) is 5.45. The quantitative estimate of drug-likeness (QED) is 0.229. The second-order valence-corrected chi connectivity index (χ2v) is 11.8. The molecule has 224 valence electrons. The maximum atomic E-state index is 11.1. The second-order valence-electron chi connectivity index (χ2n) is 11.8. The van der Waals surface area contributed by atoms with E-state index in [2.05, 4.69) is 107 Å². The van der Waals surface area contributed by atoms with Crippen LogP contribution in [-0.2, 0) is 35.2 Å². The molecule has 2 aliphatic heterocycles. The zero-order valence-corrected chi connectivity index (χ0v) is 25.0. The van der Waals surface area contributed by atoms with E-state index in [1.807, 2.05) is 0 Å². The Kier molecular flexibility index (Phi) is 9.34. The standard InChI is InChI=1S/2C16H21N3O2/c2*1-19(2)6-5-12-9-17-15-4-3-11(8-14(12)15)7-13-10-21-16(20)18-13/h2*3-4,8-9,13,17H,5-7,10H2,1-2H3,(H,18,20)/t2*13-/m00/s1. The predicted molar refractivity (Wildman–Crippen MR) is 165 cm³/mol. The predicted octanol–water partition coefficient (Wildman–Crippen LogP) is 3.85. The van der Waals surface area contributed by atoms with Crippen LogP contribution >= 0.6 is 0 Å². The first-order valence-corrected chi connectivity index (χ1v) is 14.6. The molecule has 2 saturated heterocycles. The van der Waals surface area contributed by atoms with Gasteiger partial charge >= 0.3 is 12.2 Å². The van der Waals surface area contributed by atoms with Gasteiger partial charge in [-0.15, -0.1) is 0 Å². The lowest BCUT2D eigenvalue weighted by molar-refractivity contribution is 0.176.